The monoisotopic (exact) mass is 289 g/mol. The summed E-state index contributed by atoms with van der Waals surface area (Å²) < 4.78 is 1.54. The predicted molar refractivity (Wildman–Crippen MR) is 78.6 cm³/mol. The minimum Gasteiger partial charge on any atom is -0.396 e. The normalized spacial score (nSPS) is 12.2. The van der Waals surface area contributed by atoms with Gasteiger partial charge in [0.25, 0.3) is 5.56 Å². The second kappa shape index (κ2) is 6.55. The molecule has 0 unspecified atom stereocenters. The summed E-state index contributed by atoms with van der Waals surface area (Å²) in [4.78, 5) is 16.9. The van der Waals surface area contributed by atoms with Crippen LogP contribution in [-0.2, 0) is 6.54 Å². The first-order valence-corrected chi connectivity index (χ1v) is 7.22. The Morgan fingerprint density at radius 3 is 2.95 bits per heavy atom. The van der Waals surface area contributed by atoms with Gasteiger partial charge in [-0.05, 0) is 25.5 Å². The number of thioether (sulfide) groups is 1. The summed E-state index contributed by atoms with van der Waals surface area (Å²) in [6, 6.07) is 9.27. The molecule has 0 aliphatic rings. The van der Waals surface area contributed by atoms with E-state index in [4.69, 9.17) is 10.4 Å². The van der Waals surface area contributed by atoms with Gasteiger partial charge in [-0.3, -0.25) is 9.36 Å². The van der Waals surface area contributed by atoms with Crippen LogP contribution < -0.4 is 5.56 Å². The molecule has 2 rings (SSSR count). The molecule has 5 nitrogen and oxygen atoms in total. The standard InChI is InChI=1S/C14H15N3O2S/c1-10(9-15)20-14-16-12-6-3-2-5-11(12)13(19)17(14)7-4-8-18/h2-3,5-6,10,18H,4,7-8H2,1H3/t10-/m0/s1. The molecule has 0 aliphatic carbocycles. The van der Waals surface area contributed by atoms with Crippen LogP contribution in [0.2, 0.25) is 0 Å². The Morgan fingerprint density at radius 1 is 1.50 bits per heavy atom. The van der Waals surface area contributed by atoms with Gasteiger partial charge in [0.05, 0.1) is 22.2 Å². The van der Waals surface area contributed by atoms with Gasteiger partial charge in [-0.2, -0.15) is 5.26 Å². The van der Waals surface area contributed by atoms with Gasteiger partial charge in [0.2, 0.25) is 0 Å². The van der Waals surface area contributed by atoms with Gasteiger partial charge >= 0.3 is 0 Å². The number of rotatable bonds is 5. The molecule has 1 aromatic heterocycles. The van der Waals surface area contributed by atoms with E-state index in [2.05, 4.69) is 11.1 Å². The molecule has 0 spiro atoms. The highest BCUT2D eigenvalue weighted by Gasteiger charge is 2.13. The summed E-state index contributed by atoms with van der Waals surface area (Å²) in [7, 11) is 0. The van der Waals surface area contributed by atoms with Gasteiger partial charge in [0, 0.05) is 13.2 Å². The summed E-state index contributed by atoms with van der Waals surface area (Å²) >= 11 is 1.26. The summed E-state index contributed by atoms with van der Waals surface area (Å²) in [6.45, 7) is 2.17. The highest BCUT2D eigenvalue weighted by Crippen LogP contribution is 2.22. The fraction of sp³-hybridized carbons (Fsp3) is 0.357. The Hall–Kier alpha value is -1.84. The number of aromatic nitrogens is 2. The lowest BCUT2D eigenvalue weighted by Gasteiger charge is -2.13. The van der Waals surface area contributed by atoms with Crippen LogP contribution in [0.25, 0.3) is 10.9 Å². The van der Waals surface area contributed by atoms with E-state index in [0.29, 0.717) is 29.0 Å². The average Bonchev–Trinajstić information content (AvgIpc) is 2.47. The molecule has 0 bridgehead atoms. The van der Waals surface area contributed by atoms with Crippen molar-refractivity contribution in [3.63, 3.8) is 0 Å². The quantitative estimate of drug-likeness (QED) is 0.670. The Labute approximate surface area is 120 Å². The minimum atomic E-state index is -0.288. The van der Waals surface area contributed by atoms with E-state index < -0.39 is 0 Å². The number of aliphatic hydroxyl groups is 1. The Bertz CT molecular complexity index is 706. The zero-order valence-electron chi connectivity index (χ0n) is 11.1. The smallest absolute Gasteiger partial charge is 0.262 e. The van der Waals surface area contributed by atoms with E-state index in [0.717, 1.165) is 0 Å². The fourth-order valence-corrected chi connectivity index (χ4v) is 2.67. The van der Waals surface area contributed by atoms with Gasteiger partial charge in [-0.15, -0.1) is 0 Å². The van der Waals surface area contributed by atoms with Crippen LogP contribution in [0.5, 0.6) is 0 Å². The molecule has 1 heterocycles. The van der Waals surface area contributed by atoms with Gasteiger partial charge in [0.1, 0.15) is 0 Å². The minimum absolute atomic E-state index is 0.0111. The largest absolute Gasteiger partial charge is 0.396 e. The number of para-hydroxylation sites is 1. The Kier molecular flexibility index (Phi) is 4.77. The number of nitriles is 1. The third-order valence-electron chi connectivity index (χ3n) is 2.83. The van der Waals surface area contributed by atoms with Gasteiger partial charge < -0.3 is 5.11 Å². The molecule has 1 atom stereocenters. The molecule has 6 heteroatoms. The molecule has 1 N–H and O–H groups in total. The van der Waals surface area contributed by atoms with E-state index in [1.165, 1.54) is 16.3 Å². The first-order valence-electron chi connectivity index (χ1n) is 6.34. The Morgan fingerprint density at radius 2 is 2.25 bits per heavy atom. The van der Waals surface area contributed by atoms with E-state index in [1.54, 1.807) is 25.1 Å². The van der Waals surface area contributed by atoms with Crippen LogP contribution >= 0.6 is 11.8 Å². The van der Waals surface area contributed by atoms with Crippen molar-refractivity contribution in [2.75, 3.05) is 6.61 Å². The second-order valence-electron chi connectivity index (χ2n) is 4.33. The number of fused-ring (bicyclic) bond motifs is 1. The lowest BCUT2D eigenvalue weighted by molar-refractivity contribution is 0.276. The highest BCUT2D eigenvalue weighted by molar-refractivity contribution is 8.00. The van der Waals surface area contributed by atoms with E-state index >= 15 is 0 Å². The van der Waals surface area contributed by atoms with Crippen molar-refractivity contribution in [1.82, 2.24) is 9.55 Å². The molecular formula is C14H15N3O2S. The molecule has 0 amide bonds. The first-order chi connectivity index (χ1) is 9.67. The number of benzene rings is 1. The highest BCUT2D eigenvalue weighted by atomic mass is 32.2. The van der Waals surface area contributed by atoms with E-state index in [-0.39, 0.29) is 17.4 Å². The summed E-state index contributed by atoms with van der Waals surface area (Å²) in [5.41, 5.74) is 0.502. The molecule has 1 aromatic carbocycles. The van der Waals surface area contributed by atoms with Crippen molar-refractivity contribution >= 4 is 22.7 Å². The van der Waals surface area contributed by atoms with Crippen LogP contribution in [0.15, 0.2) is 34.2 Å². The third-order valence-corrected chi connectivity index (χ3v) is 3.81. The summed E-state index contributed by atoms with van der Waals surface area (Å²) in [5, 5.41) is 18.7. The van der Waals surface area contributed by atoms with Crippen LogP contribution in [0.4, 0.5) is 0 Å². The molecular weight excluding hydrogens is 274 g/mol. The van der Waals surface area contributed by atoms with Crippen molar-refractivity contribution in [1.29, 1.82) is 5.26 Å². The average molecular weight is 289 g/mol. The second-order valence-corrected chi connectivity index (χ2v) is 5.64. The molecule has 2 aromatic rings. The molecule has 0 aliphatic heterocycles. The number of aliphatic hydroxyl groups excluding tert-OH is 1. The third kappa shape index (κ3) is 3.00. The fourth-order valence-electron chi connectivity index (χ4n) is 1.85. The maximum absolute atomic E-state index is 12.5. The molecule has 0 fully saturated rings. The number of nitrogens with zero attached hydrogens (tertiary/aromatic N) is 3. The zero-order valence-corrected chi connectivity index (χ0v) is 11.9. The topological polar surface area (TPSA) is 78.9 Å². The van der Waals surface area contributed by atoms with Crippen molar-refractivity contribution in [2.24, 2.45) is 0 Å². The van der Waals surface area contributed by atoms with Gasteiger partial charge in [-0.1, -0.05) is 23.9 Å². The van der Waals surface area contributed by atoms with Gasteiger partial charge in [0.15, 0.2) is 5.16 Å². The number of hydrogen-bond donors (Lipinski definition) is 1. The predicted octanol–water partition coefficient (Wildman–Crippen LogP) is 1.78. The first kappa shape index (κ1) is 14.6. The number of hydrogen-bond acceptors (Lipinski definition) is 5. The van der Waals surface area contributed by atoms with Crippen molar-refractivity contribution in [3.05, 3.63) is 34.6 Å². The molecule has 104 valence electrons. The molecule has 0 radical (unpaired) electrons. The van der Waals surface area contributed by atoms with Crippen LogP contribution in [0.3, 0.4) is 0 Å². The molecule has 20 heavy (non-hydrogen) atoms. The zero-order chi connectivity index (χ0) is 14.5. The van der Waals surface area contributed by atoms with Crippen molar-refractivity contribution in [2.45, 2.75) is 30.3 Å². The molecule has 0 saturated carbocycles. The summed E-state index contributed by atoms with van der Waals surface area (Å²) in [6.07, 6.45) is 0.481. The lowest BCUT2D eigenvalue weighted by Crippen LogP contribution is -2.24. The maximum atomic E-state index is 12.5. The SMILES string of the molecule is C[C@@H](C#N)Sc1nc2ccccc2c(=O)n1CCCO. The maximum Gasteiger partial charge on any atom is 0.262 e. The lowest BCUT2D eigenvalue weighted by atomic mass is 10.2. The van der Waals surface area contributed by atoms with E-state index in [1.807, 2.05) is 6.07 Å². The van der Waals surface area contributed by atoms with Crippen LogP contribution in [-0.4, -0.2) is 26.5 Å². The summed E-state index contributed by atoms with van der Waals surface area (Å²) in [5.74, 6) is 0. The molecule has 0 saturated heterocycles. The van der Waals surface area contributed by atoms with Crippen LogP contribution in [0, 0.1) is 11.3 Å². The van der Waals surface area contributed by atoms with Crippen LogP contribution in [0.1, 0.15) is 13.3 Å². The van der Waals surface area contributed by atoms with Crippen molar-refractivity contribution < 1.29 is 5.11 Å². The van der Waals surface area contributed by atoms with Gasteiger partial charge in [-0.25, -0.2) is 4.98 Å². The van der Waals surface area contributed by atoms with E-state index in [9.17, 15) is 4.79 Å². The van der Waals surface area contributed by atoms with Crippen molar-refractivity contribution in [3.8, 4) is 6.07 Å². The Balaban J connectivity index is 2.57.